The van der Waals surface area contributed by atoms with E-state index in [1.54, 1.807) is 6.92 Å². The van der Waals surface area contributed by atoms with Gasteiger partial charge in [-0.05, 0) is 44.6 Å². The maximum atomic E-state index is 12.3. The summed E-state index contributed by atoms with van der Waals surface area (Å²) in [6, 6.07) is 9.75. The Morgan fingerprint density at radius 2 is 1.56 bits per heavy atom. The summed E-state index contributed by atoms with van der Waals surface area (Å²) in [5.74, 6) is -0.666. The second kappa shape index (κ2) is 20.2. The third-order valence-electron chi connectivity index (χ3n) is 4.83. The molecule has 1 atom stereocenters. The number of hydrogen-bond donors (Lipinski definition) is 0. The van der Waals surface area contributed by atoms with Gasteiger partial charge in [0, 0.05) is 31.8 Å². The van der Waals surface area contributed by atoms with Crippen LogP contribution < -0.4 is 0 Å². The van der Waals surface area contributed by atoms with Crippen LogP contribution in [0.25, 0.3) is 0 Å². The molecule has 0 aliphatic carbocycles. The lowest BCUT2D eigenvalue weighted by molar-refractivity contribution is -0.194. The molecule has 7 heteroatoms. The first kappa shape index (κ1) is 29.8. The molecule has 0 N–H and O–H groups in total. The first-order valence-electron chi connectivity index (χ1n) is 12.4. The number of hydrogen-bond acceptors (Lipinski definition) is 7. The van der Waals surface area contributed by atoms with Crippen molar-refractivity contribution >= 4 is 11.9 Å². The molecule has 0 heterocycles. The van der Waals surface area contributed by atoms with E-state index in [0.717, 1.165) is 57.3 Å². The lowest BCUT2D eigenvalue weighted by Gasteiger charge is -2.19. The predicted octanol–water partition coefficient (Wildman–Crippen LogP) is 5.37. The summed E-state index contributed by atoms with van der Waals surface area (Å²) in [7, 11) is 0. The van der Waals surface area contributed by atoms with Crippen molar-refractivity contribution in [2.24, 2.45) is 0 Å². The molecule has 1 aromatic rings. The normalized spacial score (nSPS) is 11.7. The average Bonchev–Trinajstić information content (AvgIpc) is 2.83. The highest BCUT2D eigenvalue weighted by Gasteiger charge is 2.15. The summed E-state index contributed by atoms with van der Waals surface area (Å²) in [6.45, 7) is 10.3. The Morgan fingerprint density at radius 1 is 0.882 bits per heavy atom. The summed E-state index contributed by atoms with van der Waals surface area (Å²) >= 11 is 0. The minimum absolute atomic E-state index is 0.197. The topological polar surface area (TPSA) is 80.3 Å². The van der Waals surface area contributed by atoms with Crippen molar-refractivity contribution in [2.45, 2.75) is 78.1 Å². The van der Waals surface area contributed by atoms with Gasteiger partial charge in [-0.15, -0.1) is 0 Å². The van der Waals surface area contributed by atoms with Crippen molar-refractivity contribution in [3.8, 4) is 0 Å². The van der Waals surface area contributed by atoms with Gasteiger partial charge < -0.3 is 23.7 Å². The molecule has 0 amide bonds. The third-order valence-corrected chi connectivity index (χ3v) is 4.83. The molecule has 1 unspecified atom stereocenters. The molecule has 0 aromatic heterocycles. The molecular weight excluding hydrogens is 436 g/mol. The minimum Gasteiger partial charge on any atom is -0.462 e. The van der Waals surface area contributed by atoms with Crippen LogP contribution in [0, 0.1) is 0 Å². The number of rotatable bonds is 21. The van der Waals surface area contributed by atoms with Gasteiger partial charge in [0.25, 0.3) is 0 Å². The van der Waals surface area contributed by atoms with Crippen LogP contribution in [0.5, 0.6) is 0 Å². The molecular formula is C27H42O7. The van der Waals surface area contributed by atoms with E-state index >= 15 is 0 Å². The Labute approximate surface area is 204 Å². The highest BCUT2D eigenvalue weighted by Crippen LogP contribution is 2.10. The highest BCUT2D eigenvalue weighted by molar-refractivity contribution is 5.86. The Bertz CT molecular complexity index is 675. The Hall–Kier alpha value is -2.22. The van der Waals surface area contributed by atoms with E-state index in [1.165, 1.54) is 0 Å². The van der Waals surface area contributed by atoms with Gasteiger partial charge in [0.1, 0.15) is 6.61 Å². The van der Waals surface area contributed by atoms with Gasteiger partial charge in [0.05, 0.1) is 13.2 Å². The smallest absolute Gasteiger partial charge is 0.333 e. The molecule has 0 bridgehead atoms. The number of benzene rings is 1. The Kier molecular flexibility index (Phi) is 17.7. The van der Waals surface area contributed by atoms with Gasteiger partial charge >= 0.3 is 11.9 Å². The van der Waals surface area contributed by atoms with Gasteiger partial charge in [-0.2, -0.15) is 0 Å². The van der Waals surface area contributed by atoms with Crippen molar-refractivity contribution < 1.29 is 33.3 Å². The summed E-state index contributed by atoms with van der Waals surface area (Å²) < 4.78 is 27.6. The molecule has 0 saturated carbocycles. The van der Waals surface area contributed by atoms with E-state index in [2.05, 4.69) is 13.5 Å². The number of unbranched alkanes of at least 4 members (excludes halogenated alkanes) is 4. The quantitative estimate of drug-likeness (QED) is 0.102. The molecule has 0 radical (unpaired) electrons. The van der Waals surface area contributed by atoms with Crippen LogP contribution in [0.2, 0.25) is 0 Å². The summed E-state index contributed by atoms with van der Waals surface area (Å²) in [5, 5.41) is 0. The van der Waals surface area contributed by atoms with E-state index in [9.17, 15) is 9.59 Å². The second-order valence-electron chi connectivity index (χ2n) is 8.19. The molecule has 1 aromatic carbocycles. The van der Waals surface area contributed by atoms with Crippen LogP contribution in [-0.4, -0.2) is 51.3 Å². The molecule has 0 fully saturated rings. The fourth-order valence-corrected chi connectivity index (χ4v) is 2.93. The fourth-order valence-electron chi connectivity index (χ4n) is 2.93. The maximum Gasteiger partial charge on any atom is 0.333 e. The number of carbonyl (C=O) groups excluding carboxylic acids is 2. The van der Waals surface area contributed by atoms with E-state index < -0.39 is 6.29 Å². The van der Waals surface area contributed by atoms with Crippen LogP contribution in [0.15, 0.2) is 42.5 Å². The van der Waals surface area contributed by atoms with E-state index in [0.29, 0.717) is 38.2 Å². The van der Waals surface area contributed by atoms with Crippen molar-refractivity contribution in [1.82, 2.24) is 0 Å². The Balaban J connectivity index is 2.26. The second-order valence-corrected chi connectivity index (χ2v) is 8.19. The first-order chi connectivity index (χ1) is 16.5. The number of esters is 2. The molecule has 7 nitrogen and oxygen atoms in total. The molecule has 34 heavy (non-hydrogen) atoms. The summed E-state index contributed by atoms with van der Waals surface area (Å²) in [5.41, 5.74) is 1.40. The number of carbonyl (C=O) groups is 2. The van der Waals surface area contributed by atoms with E-state index in [-0.39, 0.29) is 18.5 Å². The largest absolute Gasteiger partial charge is 0.462 e. The Morgan fingerprint density at radius 3 is 2.26 bits per heavy atom. The third kappa shape index (κ3) is 16.4. The molecule has 0 aliphatic rings. The zero-order valence-corrected chi connectivity index (χ0v) is 20.9. The van der Waals surface area contributed by atoms with Crippen LogP contribution in [-0.2, 0) is 39.9 Å². The zero-order valence-electron chi connectivity index (χ0n) is 20.9. The highest BCUT2D eigenvalue weighted by atomic mass is 16.7. The summed E-state index contributed by atoms with van der Waals surface area (Å²) in [4.78, 5) is 23.6. The standard InChI is InChI=1S/C27H42O7/c1-4-17-30-18-12-13-19-31-22-26(33-21-24-14-8-7-9-15-24)34-25(28)16-10-5-6-11-20-32-27(29)23(2)3/h7-9,14-15,26H,2,4-6,10-13,16-22H2,1,3H3. The van der Waals surface area contributed by atoms with Gasteiger partial charge in [-0.3, -0.25) is 4.79 Å². The molecule has 192 valence electrons. The van der Waals surface area contributed by atoms with Gasteiger partial charge in [-0.1, -0.05) is 56.7 Å². The molecule has 0 saturated heterocycles. The van der Waals surface area contributed by atoms with E-state index in [4.69, 9.17) is 23.7 Å². The van der Waals surface area contributed by atoms with E-state index in [1.807, 2.05) is 30.3 Å². The van der Waals surface area contributed by atoms with Crippen molar-refractivity contribution in [3.05, 3.63) is 48.0 Å². The fraction of sp³-hybridized carbons (Fsp3) is 0.630. The number of ether oxygens (including phenoxy) is 5. The van der Waals surface area contributed by atoms with Crippen LogP contribution in [0.4, 0.5) is 0 Å². The predicted molar refractivity (Wildman–Crippen MR) is 131 cm³/mol. The lowest BCUT2D eigenvalue weighted by Crippen LogP contribution is -2.27. The van der Waals surface area contributed by atoms with Crippen LogP contribution in [0.3, 0.4) is 0 Å². The van der Waals surface area contributed by atoms with Crippen LogP contribution in [0.1, 0.15) is 70.8 Å². The van der Waals surface area contributed by atoms with Gasteiger partial charge in [-0.25, -0.2) is 4.79 Å². The van der Waals surface area contributed by atoms with Crippen molar-refractivity contribution in [3.63, 3.8) is 0 Å². The van der Waals surface area contributed by atoms with Crippen molar-refractivity contribution in [2.75, 3.05) is 33.0 Å². The molecule has 0 spiro atoms. The molecule has 1 rings (SSSR count). The zero-order chi connectivity index (χ0) is 24.9. The average molecular weight is 479 g/mol. The van der Waals surface area contributed by atoms with Crippen molar-refractivity contribution in [1.29, 1.82) is 0 Å². The monoisotopic (exact) mass is 478 g/mol. The van der Waals surface area contributed by atoms with Gasteiger partial charge in [0.2, 0.25) is 6.29 Å². The lowest BCUT2D eigenvalue weighted by atomic mass is 10.1. The maximum absolute atomic E-state index is 12.3. The first-order valence-corrected chi connectivity index (χ1v) is 12.4. The van der Waals surface area contributed by atoms with Crippen LogP contribution >= 0.6 is 0 Å². The minimum atomic E-state index is -0.745. The molecule has 0 aliphatic heterocycles. The summed E-state index contributed by atoms with van der Waals surface area (Å²) in [6.07, 6.45) is 5.59. The SMILES string of the molecule is C=C(C)C(=O)OCCCCCCC(=O)OC(COCCCCOCCC)OCc1ccccc1. The van der Waals surface area contributed by atoms with Gasteiger partial charge in [0.15, 0.2) is 0 Å².